The highest BCUT2D eigenvalue weighted by Gasteiger charge is 2.28. The van der Waals surface area contributed by atoms with E-state index in [1.54, 1.807) is 7.11 Å². The maximum Gasteiger partial charge on any atom is 0.122 e. The van der Waals surface area contributed by atoms with Crippen LogP contribution >= 0.6 is 11.6 Å². The lowest BCUT2D eigenvalue weighted by Gasteiger charge is -2.31. The van der Waals surface area contributed by atoms with Gasteiger partial charge < -0.3 is 4.74 Å². The number of methoxy groups -OCH3 is 1. The first-order valence-electron chi connectivity index (χ1n) is 7.30. The van der Waals surface area contributed by atoms with Gasteiger partial charge in [-0.25, -0.2) is 0 Å². The second-order valence-corrected chi connectivity index (χ2v) is 5.85. The summed E-state index contributed by atoms with van der Waals surface area (Å²) in [6.07, 6.45) is 5.80. The predicted molar refractivity (Wildman–Crippen MR) is 84.4 cm³/mol. The van der Waals surface area contributed by atoms with Gasteiger partial charge in [0.15, 0.2) is 0 Å². The maximum atomic E-state index is 6.30. The number of rotatable bonds is 8. The molecule has 0 amide bonds. The molecule has 1 atom stereocenters. The molecule has 0 aliphatic heterocycles. The Bertz CT molecular complexity index is 383. The Hall–Kier alpha value is -0.690. The Kier molecular flexibility index (Phi) is 6.71. The van der Waals surface area contributed by atoms with E-state index < -0.39 is 0 Å². The lowest BCUT2D eigenvalue weighted by atomic mass is 9.76. The molecule has 1 aromatic carbocycles. The molecule has 19 heavy (non-hydrogen) atoms. The van der Waals surface area contributed by atoms with Crippen molar-refractivity contribution in [1.82, 2.24) is 0 Å². The minimum Gasteiger partial charge on any atom is -0.496 e. The molecule has 0 N–H and O–H groups in total. The zero-order chi connectivity index (χ0) is 14.3. The number of unbranched alkanes of at least 4 members (excludes halogenated alkanes) is 1. The van der Waals surface area contributed by atoms with Crippen molar-refractivity contribution < 1.29 is 4.74 Å². The zero-order valence-corrected chi connectivity index (χ0v) is 13.5. The monoisotopic (exact) mass is 282 g/mol. The van der Waals surface area contributed by atoms with Crippen molar-refractivity contribution in [3.05, 3.63) is 29.3 Å². The molecular formula is C17H27ClO. The van der Waals surface area contributed by atoms with Crippen molar-refractivity contribution in [1.29, 1.82) is 0 Å². The Morgan fingerprint density at radius 3 is 2.53 bits per heavy atom. The van der Waals surface area contributed by atoms with Crippen molar-refractivity contribution in [3.63, 3.8) is 0 Å². The van der Waals surface area contributed by atoms with Crippen LogP contribution in [0, 0.1) is 12.3 Å². The molecule has 1 nitrogen and oxygen atoms in total. The van der Waals surface area contributed by atoms with Crippen LogP contribution in [0.4, 0.5) is 0 Å². The van der Waals surface area contributed by atoms with Gasteiger partial charge in [-0.2, -0.15) is 0 Å². The van der Waals surface area contributed by atoms with Crippen LogP contribution in [0.15, 0.2) is 18.2 Å². The third-order valence-electron chi connectivity index (χ3n) is 4.10. The number of ether oxygens (including phenoxy) is 1. The van der Waals surface area contributed by atoms with E-state index in [1.807, 2.05) is 0 Å². The predicted octanol–water partition coefficient (Wildman–Crippen LogP) is 5.37. The molecular weight excluding hydrogens is 256 g/mol. The first kappa shape index (κ1) is 16.4. The summed E-state index contributed by atoms with van der Waals surface area (Å²) >= 11 is 6.30. The van der Waals surface area contributed by atoms with Gasteiger partial charge in [-0.1, -0.05) is 44.4 Å². The summed E-state index contributed by atoms with van der Waals surface area (Å²) in [5.74, 6) is 1.71. The van der Waals surface area contributed by atoms with Crippen molar-refractivity contribution in [3.8, 4) is 5.75 Å². The fourth-order valence-electron chi connectivity index (χ4n) is 2.60. The lowest BCUT2D eigenvalue weighted by molar-refractivity contribution is 0.274. The van der Waals surface area contributed by atoms with E-state index in [0.29, 0.717) is 0 Å². The molecule has 0 saturated carbocycles. The number of hydrogen-bond donors (Lipinski definition) is 0. The van der Waals surface area contributed by atoms with E-state index in [-0.39, 0.29) is 5.41 Å². The molecule has 1 aromatic rings. The van der Waals surface area contributed by atoms with Gasteiger partial charge in [0.25, 0.3) is 0 Å². The summed E-state index contributed by atoms with van der Waals surface area (Å²) < 4.78 is 5.50. The Labute approximate surface area is 123 Å². The number of aryl methyl sites for hydroxylation is 1. The van der Waals surface area contributed by atoms with Crippen LogP contribution in [0.3, 0.4) is 0 Å². The van der Waals surface area contributed by atoms with Gasteiger partial charge in [0.1, 0.15) is 5.75 Å². The van der Waals surface area contributed by atoms with Crippen molar-refractivity contribution in [2.45, 2.75) is 52.9 Å². The van der Waals surface area contributed by atoms with Gasteiger partial charge in [0.05, 0.1) is 7.11 Å². The molecule has 108 valence electrons. The van der Waals surface area contributed by atoms with Crippen LogP contribution in [0.25, 0.3) is 0 Å². The second kappa shape index (κ2) is 7.79. The quantitative estimate of drug-likeness (QED) is 0.582. The molecule has 0 saturated heterocycles. The summed E-state index contributed by atoms with van der Waals surface area (Å²) in [6.45, 7) is 6.62. The van der Waals surface area contributed by atoms with Crippen molar-refractivity contribution >= 4 is 11.6 Å². The van der Waals surface area contributed by atoms with Gasteiger partial charge >= 0.3 is 0 Å². The molecule has 0 bridgehead atoms. The fraction of sp³-hybridized carbons (Fsp3) is 0.647. The number of hydrogen-bond acceptors (Lipinski definition) is 1. The maximum absolute atomic E-state index is 6.30. The van der Waals surface area contributed by atoms with E-state index in [9.17, 15) is 0 Å². The van der Waals surface area contributed by atoms with Gasteiger partial charge in [0.2, 0.25) is 0 Å². The fourth-order valence-corrected chi connectivity index (χ4v) is 3.02. The standard InChI is InChI=1S/C17H27ClO/c1-5-7-10-17(6-2,13-18)12-15-11-14(3)8-9-16(15)19-4/h8-9,11H,5-7,10,12-13H2,1-4H3. The highest BCUT2D eigenvalue weighted by Crippen LogP contribution is 2.37. The second-order valence-electron chi connectivity index (χ2n) is 5.58. The van der Waals surface area contributed by atoms with Crippen molar-refractivity contribution in [2.24, 2.45) is 5.41 Å². The third kappa shape index (κ3) is 4.42. The highest BCUT2D eigenvalue weighted by molar-refractivity contribution is 6.18. The topological polar surface area (TPSA) is 9.23 Å². The third-order valence-corrected chi connectivity index (χ3v) is 4.66. The molecule has 1 unspecified atom stereocenters. The summed E-state index contributed by atoms with van der Waals surface area (Å²) in [5, 5.41) is 0. The Morgan fingerprint density at radius 1 is 1.26 bits per heavy atom. The Morgan fingerprint density at radius 2 is 2.00 bits per heavy atom. The summed E-state index contributed by atoms with van der Waals surface area (Å²) in [4.78, 5) is 0. The largest absolute Gasteiger partial charge is 0.496 e. The van der Waals surface area contributed by atoms with Gasteiger partial charge in [0, 0.05) is 5.88 Å². The number of benzene rings is 1. The SMILES string of the molecule is CCCCC(CC)(CCl)Cc1cc(C)ccc1OC. The summed E-state index contributed by atoms with van der Waals surface area (Å²) in [7, 11) is 1.74. The van der Waals surface area contributed by atoms with Gasteiger partial charge in [-0.05, 0) is 43.2 Å². The number of halogens is 1. The number of alkyl halides is 1. The average molecular weight is 283 g/mol. The molecule has 2 heteroatoms. The summed E-state index contributed by atoms with van der Waals surface area (Å²) in [6, 6.07) is 6.41. The Balaban J connectivity index is 2.98. The average Bonchev–Trinajstić information content (AvgIpc) is 2.44. The molecule has 0 spiro atoms. The van der Waals surface area contributed by atoms with Crippen LogP contribution in [0.1, 0.15) is 50.7 Å². The van der Waals surface area contributed by atoms with E-state index >= 15 is 0 Å². The minimum absolute atomic E-state index is 0.207. The van der Waals surface area contributed by atoms with Crippen molar-refractivity contribution in [2.75, 3.05) is 13.0 Å². The lowest BCUT2D eigenvalue weighted by Crippen LogP contribution is -2.25. The van der Waals surface area contributed by atoms with E-state index in [2.05, 4.69) is 39.0 Å². The smallest absolute Gasteiger partial charge is 0.122 e. The minimum atomic E-state index is 0.207. The molecule has 0 aromatic heterocycles. The molecule has 1 rings (SSSR count). The van der Waals surface area contributed by atoms with E-state index in [1.165, 1.54) is 30.4 Å². The molecule has 0 aliphatic rings. The molecule has 0 aliphatic carbocycles. The van der Waals surface area contributed by atoms with Gasteiger partial charge in [-0.3, -0.25) is 0 Å². The zero-order valence-electron chi connectivity index (χ0n) is 12.8. The van der Waals surface area contributed by atoms with E-state index in [4.69, 9.17) is 16.3 Å². The highest BCUT2D eigenvalue weighted by atomic mass is 35.5. The first-order chi connectivity index (χ1) is 9.10. The molecule has 0 fully saturated rings. The first-order valence-corrected chi connectivity index (χ1v) is 7.83. The molecule has 0 radical (unpaired) electrons. The van der Waals surface area contributed by atoms with Crippen LogP contribution < -0.4 is 4.74 Å². The van der Waals surface area contributed by atoms with E-state index in [0.717, 1.165) is 24.5 Å². The van der Waals surface area contributed by atoms with Crippen LogP contribution in [-0.2, 0) is 6.42 Å². The normalized spacial score (nSPS) is 14.2. The van der Waals surface area contributed by atoms with Crippen LogP contribution in [0.5, 0.6) is 5.75 Å². The van der Waals surface area contributed by atoms with Gasteiger partial charge in [-0.15, -0.1) is 11.6 Å². The van der Waals surface area contributed by atoms with Crippen LogP contribution in [0.2, 0.25) is 0 Å². The summed E-state index contributed by atoms with van der Waals surface area (Å²) in [5.41, 5.74) is 2.78. The molecule has 0 heterocycles. The van der Waals surface area contributed by atoms with Crippen LogP contribution in [-0.4, -0.2) is 13.0 Å².